The number of nitrogens with zero attached hydrogens (tertiary/aromatic N) is 4. The summed E-state index contributed by atoms with van der Waals surface area (Å²) in [6, 6.07) is 0. The Labute approximate surface area is 137 Å². The van der Waals surface area contributed by atoms with E-state index in [-0.39, 0.29) is 16.8 Å². The zero-order chi connectivity index (χ0) is 17.3. The largest absolute Gasteiger partial charge is 0.350 e. The predicted octanol–water partition coefficient (Wildman–Crippen LogP) is 0.233. The van der Waals surface area contributed by atoms with Gasteiger partial charge in [-0.05, 0) is 13.8 Å². The molecule has 0 saturated heterocycles. The number of likely N-dealkylation sites (N-methyl/N-ethyl adjacent to an activating group) is 2. The molecule has 0 amide bonds. The SMILES string of the molecule is C=NC1=CN=CCN1CCC(=C=O)[N+](C)(CCNC)CC(C)=O. The van der Waals surface area contributed by atoms with Crippen molar-refractivity contribution in [2.75, 3.05) is 46.8 Å². The van der Waals surface area contributed by atoms with Gasteiger partial charge in [-0.2, -0.15) is 0 Å². The van der Waals surface area contributed by atoms with E-state index in [9.17, 15) is 9.59 Å². The van der Waals surface area contributed by atoms with Crippen LogP contribution in [0.5, 0.6) is 0 Å². The van der Waals surface area contributed by atoms with Crippen LogP contribution in [0.4, 0.5) is 0 Å². The average Bonchev–Trinajstić information content (AvgIpc) is 2.53. The summed E-state index contributed by atoms with van der Waals surface area (Å²) in [6.45, 7) is 7.97. The van der Waals surface area contributed by atoms with Gasteiger partial charge < -0.3 is 10.2 Å². The van der Waals surface area contributed by atoms with Gasteiger partial charge in [-0.1, -0.05) is 0 Å². The van der Waals surface area contributed by atoms with Gasteiger partial charge in [-0.3, -0.25) is 14.3 Å². The number of nitrogens with one attached hydrogen (secondary N) is 1. The molecule has 1 unspecified atom stereocenters. The first-order valence-electron chi connectivity index (χ1n) is 7.63. The molecule has 1 rings (SSSR count). The van der Waals surface area contributed by atoms with Crippen molar-refractivity contribution in [2.45, 2.75) is 13.3 Å². The maximum Gasteiger partial charge on any atom is 0.195 e. The molecule has 0 bridgehead atoms. The Kier molecular flexibility index (Phi) is 7.54. The summed E-state index contributed by atoms with van der Waals surface area (Å²) in [4.78, 5) is 33.1. The van der Waals surface area contributed by atoms with Crippen LogP contribution >= 0.6 is 0 Å². The highest BCUT2D eigenvalue weighted by Crippen LogP contribution is 2.18. The maximum absolute atomic E-state index is 11.6. The van der Waals surface area contributed by atoms with Crippen molar-refractivity contribution in [2.24, 2.45) is 9.98 Å². The Morgan fingerprint density at radius 3 is 2.91 bits per heavy atom. The fourth-order valence-electron chi connectivity index (χ4n) is 2.62. The van der Waals surface area contributed by atoms with Crippen molar-refractivity contribution in [1.29, 1.82) is 0 Å². The lowest BCUT2D eigenvalue weighted by Gasteiger charge is -2.34. The van der Waals surface area contributed by atoms with Crippen LogP contribution in [0.2, 0.25) is 0 Å². The highest BCUT2D eigenvalue weighted by molar-refractivity contribution is 5.77. The number of carbonyl (C=O) groups is 1. The molecule has 1 aliphatic heterocycles. The third kappa shape index (κ3) is 5.56. The highest BCUT2D eigenvalue weighted by Gasteiger charge is 2.30. The third-order valence-electron chi connectivity index (χ3n) is 3.90. The fraction of sp³-hybridized carbons (Fsp3) is 0.562. The molecule has 0 saturated carbocycles. The van der Waals surface area contributed by atoms with E-state index in [0.29, 0.717) is 44.1 Å². The topological polar surface area (TPSA) is 74.1 Å². The van der Waals surface area contributed by atoms with Crippen LogP contribution in [0.15, 0.2) is 27.7 Å². The highest BCUT2D eigenvalue weighted by atomic mass is 16.1. The van der Waals surface area contributed by atoms with Gasteiger partial charge >= 0.3 is 0 Å². The van der Waals surface area contributed by atoms with E-state index in [0.717, 1.165) is 0 Å². The third-order valence-corrected chi connectivity index (χ3v) is 3.90. The molecular weight excluding hydrogens is 294 g/mol. The first kappa shape index (κ1) is 19.0. The van der Waals surface area contributed by atoms with Crippen molar-refractivity contribution in [1.82, 2.24) is 10.2 Å². The van der Waals surface area contributed by atoms with E-state index in [2.05, 4.69) is 28.0 Å². The number of rotatable bonds is 10. The van der Waals surface area contributed by atoms with Gasteiger partial charge in [0.2, 0.25) is 0 Å². The van der Waals surface area contributed by atoms with Crippen LogP contribution < -0.4 is 5.32 Å². The standard InChI is InChI=1S/C16H26N5O2/c1-14(23)12-21(4,10-7-17-2)15(13-22)5-8-20-9-6-19-11-16(20)18-3/h6,11,17H,3,5,7-10,12H2,1-2,4H3/q+1. The maximum atomic E-state index is 11.6. The summed E-state index contributed by atoms with van der Waals surface area (Å²) >= 11 is 0. The van der Waals surface area contributed by atoms with Crippen LogP contribution in [-0.2, 0) is 9.59 Å². The van der Waals surface area contributed by atoms with Gasteiger partial charge in [0, 0.05) is 26.2 Å². The van der Waals surface area contributed by atoms with Gasteiger partial charge in [0.05, 0.1) is 32.8 Å². The first-order valence-corrected chi connectivity index (χ1v) is 7.63. The molecule has 0 aromatic heterocycles. The molecule has 0 aromatic carbocycles. The molecule has 0 radical (unpaired) electrons. The number of aliphatic imine (C=N–C) groups is 2. The molecule has 1 atom stereocenters. The second-order valence-corrected chi connectivity index (χ2v) is 5.81. The molecule has 126 valence electrons. The summed E-state index contributed by atoms with van der Waals surface area (Å²) in [7, 11) is 3.75. The fourth-order valence-corrected chi connectivity index (χ4v) is 2.62. The Bertz CT molecular complexity index is 549. The number of hydrogen-bond donors (Lipinski definition) is 1. The molecule has 1 N–H and O–H groups in total. The molecule has 0 spiro atoms. The van der Waals surface area contributed by atoms with Crippen molar-refractivity contribution in [3.63, 3.8) is 0 Å². The summed E-state index contributed by atoms with van der Waals surface area (Å²) < 4.78 is 0.280. The van der Waals surface area contributed by atoms with E-state index in [1.807, 2.05) is 19.0 Å². The minimum absolute atomic E-state index is 0.0507. The quantitative estimate of drug-likeness (QED) is 0.355. The molecular formula is C16H26N5O2+. The summed E-state index contributed by atoms with van der Waals surface area (Å²) in [5.74, 6) is 2.80. The number of quaternary nitrogens is 1. The van der Waals surface area contributed by atoms with Crippen LogP contribution in [-0.4, -0.2) is 80.9 Å². The number of ketones is 1. The second kappa shape index (κ2) is 9.15. The minimum atomic E-state index is 0.0507. The molecule has 0 aliphatic carbocycles. The first-order chi connectivity index (χ1) is 11.0. The molecule has 7 heteroatoms. The van der Waals surface area contributed by atoms with Gasteiger partial charge in [0.25, 0.3) is 0 Å². The summed E-state index contributed by atoms with van der Waals surface area (Å²) in [5, 5.41) is 3.07. The van der Waals surface area contributed by atoms with Crippen LogP contribution in [0.3, 0.4) is 0 Å². The van der Waals surface area contributed by atoms with Gasteiger partial charge in [-0.25, -0.2) is 9.79 Å². The Morgan fingerprint density at radius 2 is 2.35 bits per heavy atom. The van der Waals surface area contributed by atoms with E-state index >= 15 is 0 Å². The molecule has 1 heterocycles. The minimum Gasteiger partial charge on any atom is -0.350 e. The number of hydrogen-bond acceptors (Lipinski definition) is 6. The molecule has 0 fully saturated rings. The second-order valence-electron chi connectivity index (χ2n) is 5.81. The van der Waals surface area contributed by atoms with E-state index in [4.69, 9.17) is 0 Å². The Morgan fingerprint density at radius 1 is 1.61 bits per heavy atom. The lowest BCUT2D eigenvalue weighted by molar-refractivity contribution is -0.863. The summed E-state index contributed by atoms with van der Waals surface area (Å²) in [6.07, 6.45) is 3.94. The molecule has 23 heavy (non-hydrogen) atoms. The zero-order valence-corrected chi connectivity index (χ0v) is 14.2. The van der Waals surface area contributed by atoms with Gasteiger partial charge in [0.1, 0.15) is 12.4 Å². The smallest absolute Gasteiger partial charge is 0.195 e. The van der Waals surface area contributed by atoms with Crippen LogP contribution in [0, 0.1) is 0 Å². The van der Waals surface area contributed by atoms with Crippen molar-refractivity contribution >= 4 is 24.7 Å². The lowest BCUT2D eigenvalue weighted by Crippen LogP contribution is -2.50. The molecule has 7 nitrogen and oxygen atoms in total. The van der Waals surface area contributed by atoms with Crippen LogP contribution in [0.1, 0.15) is 13.3 Å². The van der Waals surface area contributed by atoms with Gasteiger partial charge in [0.15, 0.2) is 17.4 Å². The Hall–Kier alpha value is -2.08. The number of Topliss-reactive ketones (excluding diaryl/α,β-unsaturated/α-hetero) is 1. The zero-order valence-electron chi connectivity index (χ0n) is 14.2. The summed E-state index contributed by atoms with van der Waals surface area (Å²) in [5.41, 5.74) is 0.585. The molecule has 0 aromatic rings. The van der Waals surface area contributed by atoms with Gasteiger partial charge in [-0.15, -0.1) is 0 Å². The van der Waals surface area contributed by atoms with Crippen LogP contribution in [0.25, 0.3) is 0 Å². The Balaban J connectivity index is 2.82. The van der Waals surface area contributed by atoms with E-state index in [1.54, 1.807) is 19.3 Å². The normalized spacial score (nSPS) is 16.3. The van der Waals surface area contributed by atoms with E-state index in [1.165, 1.54) is 0 Å². The average molecular weight is 320 g/mol. The number of carbonyl (C=O) groups excluding carboxylic acids is 2. The van der Waals surface area contributed by atoms with Crippen molar-refractivity contribution in [3.05, 3.63) is 17.7 Å². The molecule has 1 aliphatic rings. The predicted molar refractivity (Wildman–Crippen MR) is 92.0 cm³/mol. The lowest BCUT2D eigenvalue weighted by atomic mass is 10.2. The van der Waals surface area contributed by atoms with Crippen molar-refractivity contribution < 1.29 is 14.1 Å². The van der Waals surface area contributed by atoms with E-state index < -0.39 is 0 Å². The monoisotopic (exact) mass is 320 g/mol. The van der Waals surface area contributed by atoms with Crippen molar-refractivity contribution in [3.8, 4) is 0 Å².